The molecule has 0 bridgehead atoms. The molecule has 1 N–H and O–H groups in total. The second-order valence-corrected chi connectivity index (χ2v) is 6.57. The Morgan fingerprint density at radius 2 is 2.12 bits per heavy atom. The number of hydrogen-bond acceptors (Lipinski definition) is 3. The van der Waals surface area contributed by atoms with Crippen LogP contribution in [0.4, 0.5) is 5.69 Å². The summed E-state index contributed by atoms with van der Waals surface area (Å²) in [6, 6.07) is 7.66. The standard InChI is InChI=1S/C18H19N3O3/c22-17(23)8-13-10-21(16-4-2-1-3-15(13)16)18(24)12-5-6-20-11-19-9-14(20)7-12/h1-4,9,11-13H,5-8,10H2,(H,22,23). The number of hydrogen-bond donors (Lipinski definition) is 1. The molecular weight excluding hydrogens is 306 g/mol. The van der Waals surface area contributed by atoms with E-state index in [2.05, 4.69) is 9.55 Å². The molecule has 6 heteroatoms. The predicted molar refractivity (Wildman–Crippen MR) is 87.8 cm³/mol. The third-order valence-corrected chi connectivity index (χ3v) is 5.08. The molecule has 0 spiro atoms. The third-order valence-electron chi connectivity index (χ3n) is 5.08. The molecule has 2 aliphatic rings. The first-order chi connectivity index (χ1) is 11.6. The third kappa shape index (κ3) is 2.48. The number of carboxylic acid groups (broad SMARTS) is 1. The van der Waals surface area contributed by atoms with Crippen LogP contribution in [0.25, 0.3) is 0 Å². The maximum absolute atomic E-state index is 13.1. The van der Waals surface area contributed by atoms with Crippen molar-refractivity contribution in [2.45, 2.75) is 31.7 Å². The number of carboxylic acids is 1. The van der Waals surface area contributed by atoms with Crippen LogP contribution in [0.3, 0.4) is 0 Å². The van der Waals surface area contributed by atoms with Crippen molar-refractivity contribution in [3.05, 3.63) is 48.0 Å². The molecule has 2 aliphatic heterocycles. The van der Waals surface area contributed by atoms with E-state index in [4.69, 9.17) is 5.11 Å². The number of rotatable bonds is 3. The van der Waals surface area contributed by atoms with Crippen LogP contribution < -0.4 is 4.90 Å². The lowest BCUT2D eigenvalue weighted by Gasteiger charge is -2.28. The number of carbonyl (C=O) groups excluding carboxylic acids is 1. The van der Waals surface area contributed by atoms with E-state index in [-0.39, 0.29) is 24.2 Å². The highest BCUT2D eigenvalue weighted by molar-refractivity contribution is 5.97. The second kappa shape index (κ2) is 5.78. The summed E-state index contributed by atoms with van der Waals surface area (Å²) >= 11 is 0. The van der Waals surface area contributed by atoms with Crippen LogP contribution in [-0.4, -0.2) is 33.1 Å². The highest BCUT2D eigenvalue weighted by atomic mass is 16.4. The minimum absolute atomic E-state index is 0.0538. The molecule has 0 radical (unpaired) electrons. The zero-order valence-corrected chi connectivity index (χ0v) is 13.3. The van der Waals surface area contributed by atoms with Crippen molar-refractivity contribution in [3.63, 3.8) is 0 Å². The monoisotopic (exact) mass is 325 g/mol. The lowest BCUT2D eigenvalue weighted by atomic mass is 9.94. The smallest absolute Gasteiger partial charge is 0.304 e. The van der Waals surface area contributed by atoms with Gasteiger partial charge in [0.2, 0.25) is 5.91 Å². The van der Waals surface area contributed by atoms with Gasteiger partial charge in [-0.25, -0.2) is 4.98 Å². The van der Waals surface area contributed by atoms with Crippen LogP contribution in [0, 0.1) is 5.92 Å². The van der Waals surface area contributed by atoms with E-state index in [1.807, 2.05) is 36.8 Å². The normalized spacial score (nSPS) is 22.1. The Morgan fingerprint density at radius 3 is 2.96 bits per heavy atom. The van der Waals surface area contributed by atoms with Crippen molar-refractivity contribution in [3.8, 4) is 0 Å². The quantitative estimate of drug-likeness (QED) is 0.937. The van der Waals surface area contributed by atoms with E-state index in [0.717, 1.165) is 29.9 Å². The topological polar surface area (TPSA) is 75.4 Å². The summed E-state index contributed by atoms with van der Waals surface area (Å²) < 4.78 is 2.09. The van der Waals surface area contributed by atoms with Gasteiger partial charge in [-0.05, 0) is 18.1 Å². The second-order valence-electron chi connectivity index (χ2n) is 6.57. The average molecular weight is 325 g/mol. The maximum atomic E-state index is 13.1. The van der Waals surface area contributed by atoms with Gasteiger partial charge in [0.25, 0.3) is 0 Å². The van der Waals surface area contributed by atoms with E-state index >= 15 is 0 Å². The van der Waals surface area contributed by atoms with Crippen LogP contribution in [0.5, 0.6) is 0 Å². The lowest BCUT2D eigenvalue weighted by molar-refractivity contribution is -0.137. The molecule has 0 fully saturated rings. The van der Waals surface area contributed by atoms with Crippen molar-refractivity contribution in [1.82, 2.24) is 9.55 Å². The van der Waals surface area contributed by atoms with Gasteiger partial charge in [0.05, 0.1) is 12.7 Å². The molecule has 3 heterocycles. The summed E-state index contributed by atoms with van der Waals surface area (Å²) in [6.07, 6.45) is 5.18. The van der Waals surface area contributed by atoms with Crippen molar-refractivity contribution in [2.24, 2.45) is 5.92 Å². The van der Waals surface area contributed by atoms with Gasteiger partial charge >= 0.3 is 5.97 Å². The first-order valence-electron chi connectivity index (χ1n) is 8.24. The molecule has 2 atom stereocenters. The van der Waals surface area contributed by atoms with Crippen molar-refractivity contribution < 1.29 is 14.7 Å². The Kier molecular flexibility index (Phi) is 3.59. The van der Waals surface area contributed by atoms with Gasteiger partial charge in [-0.2, -0.15) is 0 Å². The van der Waals surface area contributed by atoms with E-state index in [1.165, 1.54) is 0 Å². The fraction of sp³-hybridized carbons (Fsp3) is 0.389. The SMILES string of the molecule is O=C(O)CC1CN(C(=O)C2CCn3cncc3C2)c2ccccc21. The van der Waals surface area contributed by atoms with Crippen molar-refractivity contribution in [1.29, 1.82) is 0 Å². The number of carbonyl (C=O) groups is 2. The summed E-state index contributed by atoms with van der Waals surface area (Å²) in [5, 5.41) is 9.15. The number of aromatic nitrogens is 2. The maximum Gasteiger partial charge on any atom is 0.304 e. The Hall–Kier alpha value is -2.63. The molecule has 1 amide bonds. The predicted octanol–water partition coefficient (Wildman–Crippen LogP) is 2.05. The van der Waals surface area contributed by atoms with E-state index in [9.17, 15) is 9.59 Å². The van der Waals surface area contributed by atoms with Gasteiger partial charge in [-0.3, -0.25) is 9.59 Å². The minimum Gasteiger partial charge on any atom is -0.481 e. The van der Waals surface area contributed by atoms with Crippen LogP contribution in [0.15, 0.2) is 36.8 Å². The molecule has 0 aliphatic carbocycles. The number of aryl methyl sites for hydroxylation is 1. The molecule has 0 saturated heterocycles. The average Bonchev–Trinajstić information content (AvgIpc) is 3.18. The van der Waals surface area contributed by atoms with E-state index in [1.54, 1.807) is 4.90 Å². The van der Waals surface area contributed by atoms with Crippen LogP contribution in [0.2, 0.25) is 0 Å². The molecule has 2 aromatic rings. The molecular formula is C18H19N3O3. The van der Waals surface area contributed by atoms with Gasteiger partial charge in [-0.1, -0.05) is 18.2 Å². The Bertz CT molecular complexity index is 798. The van der Waals surface area contributed by atoms with Gasteiger partial charge < -0.3 is 14.6 Å². The molecule has 1 aromatic carbocycles. The molecule has 24 heavy (non-hydrogen) atoms. The Morgan fingerprint density at radius 1 is 1.29 bits per heavy atom. The number of amides is 1. The fourth-order valence-corrected chi connectivity index (χ4v) is 3.89. The fourth-order valence-electron chi connectivity index (χ4n) is 3.89. The van der Waals surface area contributed by atoms with Gasteiger partial charge in [0, 0.05) is 48.9 Å². The van der Waals surface area contributed by atoms with Gasteiger partial charge in [0.15, 0.2) is 0 Å². The highest BCUT2D eigenvalue weighted by Crippen LogP contribution is 2.39. The number of fused-ring (bicyclic) bond motifs is 2. The number of aliphatic carboxylic acids is 1. The highest BCUT2D eigenvalue weighted by Gasteiger charge is 2.37. The van der Waals surface area contributed by atoms with Gasteiger partial charge in [0.1, 0.15) is 0 Å². The van der Waals surface area contributed by atoms with Crippen LogP contribution in [0.1, 0.15) is 30.0 Å². The molecule has 124 valence electrons. The van der Waals surface area contributed by atoms with Crippen LogP contribution in [-0.2, 0) is 22.6 Å². The first kappa shape index (κ1) is 14.9. The molecule has 2 unspecified atom stereocenters. The molecule has 6 nitrogen and oxygen atoms in total. The Labute approximate surface area is 139 Å². The molecule has 1 aromatic heterocycles. The number of imidazole rings is 1. The zero-order valence-electron chi connectivity index (χ0n) is 13.3. The summed E-state index contributed by atoms with van der Waals surface area (Å²) in [4.78, 5) is 30.2. The van der Waals surface area contributed by atoms with Gasteiger partial charge in [-0.15, -0.1) is 0 Å². The number of benzene rings is 1. The minimum atomic E-state index is -0.828. The molecule has 0 saturated carbocycles. The Balaban J connectivity index is 1.58. The van der Waals surface area contributed by atoms with Crippen LogP contribution >= 0.6 is 0 Å². The first-order valence-corrected chi connectivity index (χ1v) is 8.24. The van der Waals surface area contributed by atoms with Crippen molar-refractivity contribution in [2.75, 3.05) is 11.4 Å². The lowest BCUT2D eigenvalue weighted by Crippen LogP contribution is -2.38. The number of anilines is 1. The van der Waals surface area contributed by atoms with E-state index < -0.39 is 5.97 Å². The largest absolute Gasteiger partial charge is 0.481 e. The van der Waals surface area contributed by atoms with Crippen molar-refractivity contribution >= 4 is 17.6 Å². The summed E-state index contributed by atoms with van der Waals surface area (Å²) in [6.45, 7) is 1.26. The van der Waals surface area contributed by atoms with E-state index in [0.29, 0.717) is 13.0 Å². The summed E-state index contributed by atoms with van der Waals surface area (Å²) in [5.74, 6) is -0.920. The summed E-state index contributed by atoms with van der Waals surface area (Å²) in [7, 11) is 0. The summed E-state index contributed by atoms with van der Waals surface area (Å²) in [5.41, 5.74) is 2.93. The number of para-hydroxylation sites is 1. The number of nitrogens with zero attached hydrogens (tertiary/aromatic N) is 3. The molecule has 4 rings (SSSR count). The zero-order chi connectivity index (χ0) is 16.7.